The first-order chi connectivity index (χ1) is 13.0. The van der Waals surface area contributed by atoms with Crippen LogP contribution in [0, 0.1) is 10.1 Å². The fourth-order valence-electron chi connectivity index (χ4n) is 2.36. The van der Waals surface area contributed by atoms with E-state index in [-0.39, 0.29) is 24.7 Å². The zero-order valence-corrected chi connectivity index (χ0v) is 14.2. The van der Waals surface area contributed by atoms with Gasteiger partial charge in [-0.1, -0.05) is 0 Å². The summed E-state index contributed by atoms with van der Waals surface area (Å²) in [6.07, 6.45) is 1.21. The quantitative estimate of drug-likeness (QED) is 0.450. The number of nitrogens with zero attached hydrogens (tertiary/aromatic N) is 2. The molecule has 1 amide bonds. The van der Waals surface area contributed by atoms with Crippen LogP contribution in [0.25, 0.3) is 0 Å². The molecule has 0 radical (unpaired) electrons. The van der Waals surface area contributed by atoms with Gasteiger partial charge in [0, 0.05) is 17.2 Å². The predicted molar refractivity (Wildman–Crippen MR) is 93.6 cm³/mol. The van der Waals surface area contributed by atoms with E-state index in [0.29, 0.717) is 17.1 Å². The third-order valence-corrected chi connectivity index (χ3v) is 3.59. The van der Waals surface area contributed by atoms with E-state index in [4.69, 9.17) is 14.2 Å². The maximum absolute atomic E-state index is 12.1. The average molecular weight is 373 g/mol. The highest BCUT2D eigenvalue weighted by molar-refractivity contribution is 5.95. The maximum Gasteiger partial charge on any atom is 0.315 e. The van der Waals surface area contributed by atoms with E-state index in [0.717, 1.165) is 6.07 Å². The topological polar surface area (TPSA) is 133 Å². The third kappa shape index (κ3) is 3.89. The molecule has 2 aromatic carbocycles. The van der Waals surface area contributed by atoms with E-state index in [1.807, 2.05) is 0 Å². The van der Waals surface area contributed by atoms with Crippen LogP contribution >= 0.6 is 0 Å². The zero-order valence-electron chi connectivity index (χ0n) is 14.2. The van der Waals surface area contributed by atoms with Crippen molar-refractivity contribution in [2.24, 2.45) is 5.10 Å². The Morgan fingerprint density at radius 1 is 1.37 bits per heavy atom. The van der Waals surface area contributed by atoms with Gasteiger partial charge in [-0.15, -0.1) is 0 Å². The molecule has 27 heavy (non-hydrogen) atoms. The number of phenols is 1. The number of benzene rings is 2. The summed E-state index contributed by atoms with van der Waals surface area (Å²) in [6, 6.07) is 7.18. The van der Waals surface area contributed by atoms with Crippen LogP contribution in [0.4, 0.5) is 5.69 Å². The second-order valence-electron chi connectivity index (χ2n) is 5.34. The number of hydrogen-bond acceptors (Lipinski definition) is 8. The molecule has 0 saturated heterocycles. The van der Waals surface area contributed by atoms with E-state index in [1.54, 1.807) is 19.1 Å². The van der Waals surface area contributed by atoms with Crippen LogP contribution in [-0.2, 0) is 0 Å². The monoisotopic (exact) mass is 373 g/mol. The number of hydrazone groups is 1. The minimum atomic E-state index is -0.736. The van der Waals surface area contributed by atoms with Gasteiger partial charge in [0.05, 0.1) is 17.7 Å². The molecule has 2 N–H and O–H groups in total. The van der Waals surface area contributed by atoms with Gasteiger partial charge in [0.25, 0.3) is 5.91 Å². The SMILES string of the molecule is CCOc1cc(/C=N\NC(=O)c2ccc3c(c2)OCO3)cc([N+](=O)[O-])c1O. The fourth-order valence-corrected chi connectivity index (χ4v) is 2.36. The predicted octanol–water partition coefficient (Wildman–Crippen LogP) is 2.19. The number of amides is 1. The number of nitro groups is 1. The van der Waals surface area contributed by atoms with Crippen molar-refractivity contribution in [1.82, 2.24) is 5.43 Å². The van der Waals surface area contributed by atoms with Crippen molar-refractivity contribution in [2.45, 2.75) is 6.92 Å². The normalized spacial score (nSPS) is 12.2. The Kier molecular flexibility index (Phi) is 5.06. The lowest BCUT2D eigenvalue weighted by Crippen LogP contribution is -2.17. The van der Waals surface area contributed by atoms with E-state index in [9.17, 15) is 20.0 Å². The van der Waals surface area contributed by atoms with Gasteiger partial charge in [-0.05, 0) is 31.2 Å². The lowest BCUT2D eigenvalue weighted by Gasteiger charge is -2.07. The number of carbonyl (C=O) groups is 1. The molecule has 0 fully saturated rings. The van der Waals surface area contributed by atoms with Gasteiger partial charge >= 0.3 is 5.69 Å². The minimum Gasteiger partial charge on any atom is -0.500 e. The fraction of sp³-hybridized carbons (Fsp3) is 0.176. The van der Waals surface area contributed by atoms with Gasteiger partial charge in [-0.2, -0.15) is 5.10 Å². The van der Waals surface area contributed by atoms with Crippen molar-refractivity contribution >= 4 is 17.8 Å². The van der Waals surface area contributed by atoms with E-state index in [1.165, 1.54) is 18.3 Å². The number of phenolic OH excluding ortho intramolecular Hbond substituents is 1. The van der Waals surface area contributed by atoms with Crippen LogP contribution < -0.4 is 19.6 Å². The van der Waals surface area contributed by atoms with Crippen molar-refractivity contribution < 1.29 is 29.0 Å². The highest BCUT2D eigenvalue weighted by Crippen LogP contribution is 2.36. The molecule has 10 nitrogen and oxygen atoms in total. The van der Waals surface area contributed by atoms with Crippen molar-refractivity contribution in [3.8, 4) is 23.0 Å². The van der Waals surface area contributed by atoms with Crippen molar-refractivity contribution in [3.05, 3.63) is 51.6 Å². The summed E-state index contributed by atoms with van der Waals surface area (Å²) < 4.78 is 15.6. The van der Waals surface area contributed by atoms with Crippen LogP contribution in [0.15, 0.2) is 35.4 Å². The summed E-state index contributed by atoms with van der Waals surface area (Å²) in [6.45, 7) is 1.99. The molecule has 1 aliphatic heterocycles. The standard InChI is InChI=1S/C17H15N3O7/c1-2-25-15-6-10(5-12(16(15)21)20(23)24)8-18-19-17(22)11-3-4-13-14(7-11)27-9-26-13/h3-8,21H,2,9H2,1H3,(H,19,22)/b18-8-. The number of fused-ring (bicyclic) bond motifs is 1. The Bertz CT molecular complexity index is 927. The molecule has 0 atom stereocenters. The van der Waals surface area contributed by atoms with Crippen LogP contribution in [0.5, 0.6) is 23.0 Å². The first kappa shape index (κ1) is 18.0. The molecule has 0 bridgehead atoms. The average Bonchev–Trinajstić information content (AvgIpc) is 3.11. The molecule has 0 aliphatic carbocycles. The zero-order chi connectivity index (χ0) is 19.4. The van der Waals surface area contributed by atoms with Gasteiger partial charge in [0.15, 0.2) is 17.2 Å². The van der Waals surface area contributed by atoms with E-state index in [2.05, 4.69) is 10.5 Å². The molecule has 140 valence electrons. The second kappa shape index (κ2) is 7.60. The summed E-state index contributed by atoms with van der Waals surface area (Å²) in [4.78, 5) is 22.4. The van der Waals surface area contributed by atoms with Gasteiger partial charge in [-0.25, -0.2) is 5.43 Å². The Hall–Kier alpha value is -3.82. The summed E-state index contributed by atoms with van der Waals surface area (Å²) >= 11 is 0. The molecule has 0 aromatic heterocycles. The number of nitro benzene ring substituents is 1. The number of carbonyl (C=O) groups excluding carboxylic acids is 1. The van der Waals surface area contributed by atoms with Crippen LogP contribution in [0.3, 0.4) is 0 Å². The van der Waals surface area contributed by atoms with Gasteiger partial charge in [0.1, 0.15) is 0 Å². The van der Waals surface area contributed by atoms with E-state index >= 15 is 0 Å². The lowest BCUT2D eigenvalue weighted by atomic mass is 10.2. The molecular weight excluding hydrogens is 358 g/mol. The first-order valence-corrected chi connectivity index (χ1v) is 7.87. The lowest BCUT2D eigenvalue weighted by molar-refractivity contribution is -0.386. The maximum atomic E-state index is 12.1. The Balaban J connectivity index is 1.75. The van der Waals surface area contributed by atoms with Gasteiger partial charge in [-0.3, -0.25) is 14.9 Å². The van der Waals surface area contributed by atoms with Crippen LogP contribution in [-0.4, -0.2) is 35.6 Å². The Morgan fingerprint density at radius 3 is 2.89 bits per heavy atom. The molecule has 0 spiro atoms. The molecule has 1 aliphatic rings. The summed E-state index contributed by atoms with van der Waals surface area (Å²) in [7, 11) is 0. The minimum absolute atomic E-state index is 0.0461. The molecule has 2 aromatic rings. The van der Waals surface area contributed by atoms with E-state index < -0.39 is 22.3 Å². The number of rotatable bonds is 6. The second-order valence-corrected chi connectivity index (χ2v) is 5.34. The molecule has 0 unspecified atom stereocenters. The van der Waals surface area contributed by atoms with Gasteiger partial charge in [0.2, 0.25) is 12.5 Å². The molecule has 0 saturated carbocycles. The molecule has 1 heterocycles. The first-order valence-electron chi connectivity index (χ1n) is 7.87. The van der Waals surface area contributed by atoms with Crippen molar-refractivity contribution in [1.29, 1.82) is 0 Å². The number of hydrogen-bond donors (Lipinski definition) is 2. The molecule has 10 heteroatoms. The van der Waals surface area contributed by atoms with Crippen LogP contribution in [0.2, 0.25) is 0 Å². The van der Waals surface area contributed by atoms with Gasteiger partial charge < -0.3 is 19.3 Å². The molecular formula is C17H15N3O7. The smallest absolute Gasteiger partial charge is 0.315 e. The highest BCUT2D eigenvalue weighted by Gasteiger charge is 2.20. The van der Waals surface area contributed by atoms with Crippen molar-refractivity contribution in [2.75, 3.05) is 13.4 Å². The summed E-state index contributed by atoms with van der Waals surface area (Å²) in [5, 5.41) is 24.7. The van der Waals surface area contributed by atoms with Crippen molar-refractivity contribution in [3.63, 3.8) is 0 Å². The molecule has 3 rings (SSSR count). The number of aromatic hydroxyl groups is 1. The Morgan fingerprint density at radius 2 is 2.15 bits per heavy atom. The summed E-state index contributed by atoms with van der Waals surface area (Å²) in [5.74, 6) is -0.0986. The Labute approximate surface area is 153 Å². The number of nitrogens with one attached hydrogen (secondary N) is 1. The number of ether oxygens (including phenoxy) is 3. The largest absolute Gasteiger partial charge is 0.500 e. The highest BCUT2D eigenvalue weighted by atomic mass is 16.7. The third-order valence-electron chi connectivity index (χ3n) is 3.59. The summed E-state index contributed by atoms with van der Waals surface area (Å²) in [5.41, 5.74) is 2.37. The van der Waals surface area contributed by atoms with Crippen LogP contribution in [0.1, 0.15) is 22.8 Å².